The lowest BCUT2D eigenvalue weighted by molar-refractivity contribution is 0.106. The fourth-order valence-corrected chi connectivity index (χ4v) is 3.53. The molecule has 0 radical (unpaired) electrons. The number of benzene rings is 2. The smallest absolute Gasteiger partial charge is 0.174 e. The average molecular weight is 398 g/mol. The van der Waals surface area contributed by atoms with Crippen LogP contribution < -0.4 is 10.1 Å². The van der Waals surface area contributed by atoms with Gasteiger partial charge in [0.15, 0.2) is 5.76 Å². The Balaban J connectivity index is 1.31. The second kappa shape index (κ2) is 8.52. The van der Waals surface area contributed by atoms with Crippen LogP contribution in [0.4, 0.5) is 4.39 Å². The maximum absolute atomic E-state index is 13.3. The minimum Gasteiger partial charge on any atom is -0.491 e. The molecule has 0 saturated heterocycles. The lowest BCUT2D eigenvalue weighted by Crippen LogP contribution is -2.30. The Morgan fingerprint density at radius 2 is 2.04 bits per heavy atom. The number of nitrogens with zero attached hydrogens (tertiary/aromatic N) is 1. The lowest BCUT2D eigenvalue weighted by Gasteiger charge is -2.13. The molecule has 0 amide bonds. The Morgan fingerprint density at radius 1 is 1.18 bits per heavy atom. The summed E-state index contributed by atoms with van der Waals surface area (Å²) in [4.78, 5) is 1.23. The molecular formula is C21H19FN2O3S. The van der Waals surface area contributed by atoms with E-state index in [2.05, 4.69) is 16.5 Å². The zero-order valence-electron chi connectivity index (χ0n) is 15.0. The van der Waals surface area contributed by atoms with Gasteiger partial charge in [0.25, 0.3) is 0 Å². The maximum atomic E-state index is 13.3. The second-order valence-electron chi connectivity index (χ2n) is 6.37. The van der Waals surface area contributed by atoms with Crippen molar-refractivity contribution < 1.29 is 18.8 Å². The molecule has 2 heterocycles. The summed E-state index contributed by atoms with van der Waals surface area (Å²) >= 11 is 1.68. The van der Waals surface area contributed by atoms with Gasteiger partial charge in [-0.15, -0.1) is 11.3 Å². The van der Waals surface area contributed by atoms with Crippen molar-refractivity contribution in [3.8, 4) is 17.1 Å². The molecule has 2 N–H and O–H groups in total. The number of halogens is 1. The summed E-state index contributed by atoms with van der Waals surface area (Å²) in [6.07, 6.45) is -0.604. The van der Waals surface area contributed by atoms with Gasteiger partial charge in [0.05, 0.1) is 0 Å². The lowest BCUT2D eigenvalue weighted by atomic mass is 10.1. The Bertz CT molecular complexity index is 1030. The Kier molecular flexibility index (Phi) is 5.66. The summed E-state index contributed by atoms with van der Waals surface area (Å²) in [5.74, 6) is 0.884. The summed E-state index contributed by atoms with van der Waals surface area (Å²) in [6, 6.07) is 15.7. The van der Waals surface area contributed by atoms with Gasteiger partial charge >= 0.3 is 0 Å². The summed E-state index contributed by atoms with van der Waals surface area (Å²) in [7, 11) is 0. The zero-order chi connectivity index (χ0) is 19.3. The van der Waals surface area contributed by atoms with Crippen LogP contribution in [0.25, 0.3) is 22.2 Å². The van der Waals surface area contributed by atoms with Gasteiger partial charge in [-0.3, -0.25) is 0 Å². The summed E-state index contributed by atoms with van der Waals surface area (Å²) < 4.78 is 24.3. The molecule has 4 aromatic rings. The Labute approximate surface area is 165 Å². The van der Waals surface area contributed by atoms with Crippen molar-refractivity contribution in [3.63, 3.8) is 0 Å². The number of aromatic nitrogens is 1. The molecule has 5 nitrogen and oxygen atoms in total. The van der Waals surface area contributed by atoms with Gasteiger partial charge in [-0.05, 0) is 47.8 Å². The van der Waals surface area contributed by atoms with E-state index in [-0.39, 0.29) is 12.4 Å². The highest BCUT2D eigenvalue weighted by atomic mass is 32.1. The molecule has 144 valence electrons. The molecule has 4 rings (SSSR count). The SMILES string of the molecule is O[C@H](CNCc1cccs1)COc1ccc(-c2onc3cc(F)ccc23)cc1. The van der Waals surface area contributed by atoms with E-state index in [0.717, 1.165) is 17.5 Å². The van der Waals surface area contributed by atoms with Crippen molar-refractivity contribution in [2.24, 2.45) is 0 Å². The molecule has 28 heavy (non-hydrogen) atoms. The molecule has 0 unspecified atom stereocenters. The number of fused-ring (bicyclic) bond motifs is 1. The highest BCUT2D eigenvalue weighted by molar-refractivity contribution is 7.09. The molecule has 0 aliphatic carbocycles. The van der Waals surface area contributed by atoms with Crippen molar-refractivity contribution in [1.82, 2.24) is 10.5 Å². The summed E-state index contributed by atoms with van der Waals surface area (Å²) in [6.45, 7) is 1.39. The van der Waals surface area contributed by atoms with Crippen LogP contribution in [0.15, 0.2) is 64.5 Å². The predicted molar refractivity (Wildman–Crippen MR) is 107 cm³/mol. The minimum atomic E-state index is -0.604. The van der Waals surface area contributed by atoms with Crippen LogP contribution in [0, 0.1) is 5.82 Å². The molecule has 0 aliphatic rings. The van der Waals surface area contributed by atoms with Crippen molar-refractivity contribution in [2.45, 2.75) is 12.6 Å². The van der Waals surface area contributed by atoms with Crippen LogP contribution in [-0.2, 0) is 6.54 Å². The molecule has 0 spiro atoms. The molecule has 2 aromatic carbocycles. The van der Waals surface area contributed by atoms with Crippen LogP contribution in [0.1, 0.15) is 4.88 Å². The van der Waals surface area contributed by atoms with Gasteiger partial charge in [0, 0.05) is 35.0 Å². The molecule has 7 heteroatoms. The fraction of sp³-hybridized carbons (Fsp3) is 0.190. The molecule has 0 aliphatic heterocycles. The van der Waals surface area contributed by atoms with Crippen LogP contribution in [0.3, 0.4) is 0 Å². The van der Waals surface area contributed by atoms with Gasteiger partial charge < -0.3 is 19.7 Å². The van der Waals surface area contributed by atoms with E-state index in [1.165, 1.54) is 17.0 Å². The molecule has 2 aromatic heterocycles. The topological polar surface area (TPSA) is 67.5 Å². The van der Waals surface area contributed by atoms with Crippen molar-refractivity contribution in [1.29, 1.82) is 0 Å². The van der Waals surface area contributed by atoms with Crippen LogP contribution >= 0.6 is 11.3 Å². The van der Waals surface area contributed by atoms with Gasteiger partial charge in [0.2, 0.25) is 0 Å². The first-order chi connectivity index (χ1) is 13.7. The average Bonchev–Trinajstić information content (AvgIpc) is 3.36. The zero-order valence-corrected chi connectivity index (χ0v) is 15.8. The molecule has 1 atom stereocenters. The predicted octanol–water partition coefficient (Wildman–Crippen LogP) is 4.22. The van der Waals surface area contributed by atoms with Gasteiger partial charge in [-0.2, -0.15) is 0 Å². The number of nitrogens with one attached hydrogen (secondary N) is 1. The van der Waals surface area contributed by atoms with Crippen LogP contribution in [-0.4, -0.2) is 29.5 Å². The highest BCUT2D eigenvalue weighted by Crippen LogP contribution is 2.30. The van der Waals surface area contributed by atoms with Crippen LogP contribution in [0.5, 0.6) is 5.75 Å². The van der Waals surface area contributed by atoms with E-state index in [9.17, 15) is 9.50 Å². The third-order valence-electron chi connectivity index (χ3n) is 4.26. The standard InChI is InChI=1S/C21H19FN2O3S/c22-15-5-8-19-20(10-15)24-27-21(19)14-3-6-17(7-4-14)26-13-16(25)11-23-12-18-2-1-9-28-18/h1-10,16,23,25H,11-13H2/t16-/m1/s1. The largest absolute Gasteiger partial charge is 0.491 e. The molecular weight excluding hydrogens is 379 g/mol. The number of hydrogen-bond acceptors (Lipinski definition) is 6. The molecule has 0 saturated carbocycles. The van der Waals surface area contributed by atoms with E-state index in [1.807, 2.05) is 23.6 Å². The van der Waals surface area contributed by atoms with Crippen LogP contribution in [0.2, 0.25) is 0 Å². The first-order valence-electron chi connectivity index (χ1n) is 8.88. The molecule has 0 bridgehead atoms. The van der Waals surface area contributed by atoms with Crippen molar-refractivity contribution in [3.05, 3.63) is 70.7 Å². The monoisotopic (exact) mass is 398 g/mol. The number of rotatable bonds is 8. The summed E-state index contributed by atoms with van der Waals surface area (Å²) in [5.41, 5.74) is 1.30. The first kappa shape index (κ1) is 18.6. The van der Waals surface area contributed by atoms with Gasteiger partial charge in [-0.1, -0.05) is 11.2 Å². The number of ether oxygens (including phenoxy) is 1. The molecule has 0 fully saturated rings. The van der Waals surface area contributed by atoms with E-state index < -0.39 is 6.10 Å². The maximum Gasteiger partial charge on any atom is 0.174 e. The third-order valence-corrected chi connectivity index (χ3v) is 5.13. The normalized spacial score (nSPS) is 12.4. The minimum absolute atomic E-state index is 0.196. The van der Waals surface area contributed by atoms with E-state index >= 15 is 0 Å². The van der Waals surface area contributed by atoms with Crippen molar-refractivity contribution >= 4 is 22.2 Å². The second-order valence-corrected chi connectivity index (χ2v) is 7.40. The quantitative estimate of drug-likeness (QED) is 0.465. The number of hydrogen-bond donors (Lipinski definition) is 2. The number of thiophene rings is 1. The van der Waals surface area contributed by atoms with Gasteiger partial charge in [0.1, 0.15) is 29.8 Å². The van der Waals surface area contributed by atoms with E-state index in [1.54, 1.807) is 29.5 Å². The first-order valence-corrected chi connectivity index (χ1v) is 9.76. The fourth-order valence-electron chi connectivity index (χ4n) is 2.85. The number of aliphatic hydroxyl groups is 1. The Hall–Kier alpha value is -2.74. The highest BCUT2D eigenvalue weighted by Gasteiger charge is 2.12. The third kappa shape index (κ3) is 4.39. The van der Waals surface area contributed by atoms with E-state index in [4.69, 9.17) is 9.26 Å². The van der Waals surface area contributed by atoms with Crippen molar-refractivity contribution in [2.75, 3.05) is 13.2 Å². The van der Waals surface area contributed by atoms with Gasteiger partial charge in [-0.25, -0.2) is 4.39 Å². The Morgan fingerprint density at radius 3 is 2.82 bits per heavy atom. The van der Waals surface area contributed by atoms with E-state index in [0.29, 0.717) is 23.6 Å². The number of aliphatic hydroxyl groups excluding tert-OH is 1. The summed E-state index contributed by atoms with van der Waals surface area (Å²) in [5, 5.41) is 19.9.